The van der Waals surface area contributed by atoms with Gasteiger partial charge in [0, 0.05) is 45.9 Å². The first-order chi connectivity index (χ1) is 57.2. The van der Waals surface area contributed by atoms with Gasteiger partial charge in [-0.05, 0) is 371 Å². The van der Waals surface area contributed by atoms with E-state index in [1.54, 1.807) is 77.7 Å². The lowest BCUT2D eigenvalue weighted by molar-refractivity contribution is -0.133. The highest BCUT2D eigenvalue weighted by molar-refractivity contribution is 5.61. The molecule has 622 valence electrons. The number of halogens is 6. The molecule has 1 aromatic rings. The van der Waals surface area contributed by atoms with Gasteiger partial charge in [0.05, 0.1) is 14.2 Å². The van der Waals surface area contributed by atoms with Gasteiger partial charge in [-0.2, -0.15) is 26.3 Å². The van der Waals surface area contributed by atoms with Crippen molar-refractivity contribution >= 4 is 0 Å². The Bertz CT molecular complexity index is 4090. The minimum atomic E-state index is -4.92. The van der Waals surface area contributed by atoms with E-state index in [0.717, 1.165) is 225 Å². The van der Waals surface area contributed by atoms with E-state index in [9.17, 15) is 26.3 Å². The van der Waals surface area contributed by atoms with Crippen LogP contribution in [0.1, 0.15) is 196 Å². The molecule has 30 aliphatic carbocycles. The number of ether oxygens (including phenoxy) is 2. The number of hydrogen-bond acceptors (Lipinski definition) is 2. The predicted molar refractivity (Wildman–Crippen MR) is 454 cm³/mol. The highest BCUT2D eigenvalue weighted by Crippen LogP contribution is 2.73. The van der Waals surface area contributed by atoms with Crippen LogP contribution in [-0.4, -0.2) is 26.6 Å². The van der Waals surface area contributed by atoms with Crippen molar-refractivity contribution < 1.29 is 35.8 Å². The first-order valence-electron chi connectivity index (χ1n) is 49.2. The van der Waals surface area contributed by atoms with Crippen LogP contribution < -0.4 is 9.47 Å². The summed E-state index contributed by atoms with van der Waals surface area (Å²) in [4.78, 5) is 0. The molecule has 0 spiro atoms. The molecule has 0 saturated heterocycles. The van der Waals surface area contributed by atoms with E-state index in [4.69, 9.17) is 9.47 Å². The fourth-order valence-electron chi connectivity index (χ4n) is 36.6. The number of allylic oxidation sites excluding steroid dienone is 28. The van der Waals surface area contributed by atoms with Crippen LogP contribution in [0.15, 0.2) is 181 Å². The second-order valence-electron chi connectivity index (χ2n) is 44.6. The number of alkyl halides is 6. The van der Waals surface area contributed by atoms with Gasteiger partial charge in [-0.1, -0.05) is 209 Å². The summed E-state index contributed by atoms with van der Waals surface area (Å²) < 4.78 is 88.4. The van der Waals surface area contributed by atoms with Crippen LogP contribution in [0, 0.1) is 249 Å². The Kier molecular flexibility index (Phi) is 18.8. The lowest BCUT2D eigenvalue weighted by atomic mass is 9.55. The molecule has 13 saturated carbocycles. The van der Waals surface area contributed by atoms with Crippen LogP contribution in [0.3, 0.4) is 0 Å². The van der Waals surface area contributed by atoms with Crippen molar-refractivity contribution in [2.24, 2.45) is 249 Å². The van der Waals surface area contributed by atoms with Crippen LogP contribution in [0.4, 0.5) is 26.3 Å². The molecule has 13 fully saturated rings. The van der Waals surface area contributed by atoms with Gasteiger partial charge < -0.3 is 9.47 Å². The number of methoxy groups -OCH3 is 2. The van der Waals surface area contributed by atoms with Crippen molar-refractivity contribution in [3.63, 3.8) is 0 Å². The van der Waals surface area contributed by atoms with Crippen LogP contribution in [-0.2, 0) is 0 Å². The molecule has 30 aliphatic rings. The fourth-order valence-corrected chi connectivity index (χ4v) is 36.6. The van der Waals surface area contributed by atoms with Crippen LogP contribution >= 0.6 is 0 Å². The average Bonchev–Trinajstić information content (AvgIpc) is 1.69. The Morgan fingerprint density at radius 1 is 0.214 bits per heavy atom. The molecular formula is C109H132F6O2. The van der Waals surface area contributed by atoms with Crippen LogP contribution in [0.2, 0.25) is 0 Å². The third-order valence-corrected chi connectivity index (χ3v) is 40.9. The second-order valence-corrected chi connectivity index (χ2v) is 44.6. The molecule has 117 heavy (non-hydrogen) atoms. The van der Waals surface area contributed by atoms with E-state index in [2.05, 4.69) is 134 Å². The van der Waals surface area contributed by atoms with Gasteiger partial charge in [-0.15, -0.1) is 0 Å². The first-order valence-corrected chi connectivity index (χ1v) is 49.2. The SMILES string of the molecule is C1=CC2CC1C1CC3C4C=CC(C4)C3C21.C1=CC2CC1C1CC3C4C=CC(C4)C3C3C4C=CC(C4)C3C21.C1=CC2CC1C1CCC3C4C=CC(C4)C3CCC3C4C=CC(C4)C3CCC21.C1=CC2CC1C1CCCCCCCCCCC21.COc1ccc(OC)c2c1C1C=CC2C2C=CC12.FC(F)(F)C1=C(C(F)(F)F)C2C=CC1C1C=CC21. The molecule has 31 rings (SSSR count). The van der Waals surface area contributed by atoms with Crippen molar-refractivity contribution in [3.8, 4) is 11.5 Å². The van der Waals surface area contributed by atoms with Gasteiger partial charge in [0.2, 0.25) is 0 Å². The lowest BCUT2D eigenvalue weighted by Crippen LogP contribution is -2.47. The van der Waals surface area contributed by atoms with Gasteiger partial charge >= 0.3 is 12.4 Å². The van der Waals surface area contributed by atoms with Crippen molar-refractivity contribution in [2.45, 2.75) is 198 Å². The molecule has 0 radical (unpaired) electrons. The van der Waals surface area contributed by atoms with E-state index in [1.807, 2.05) is 12.1 Å². The molecule has 0 heterocycles. The highest BCUT2D eigenvalue weighted by Gasteiger charge is 2.67. The minimum Gasteiger partial charge on any atom is -0.496 e. The zero-order valence-electron chi connectivity index (χ0n) is 69.7. The first kappa shape index (κ1) is 75.5. The molecule has 44 atom stereocenters. The molecule has 44 unspecified atom stereocenters. The Morgan fingerprint density at radius 2 is 0.419 bits per heavy atom. The number of fused-ring (bicyclic) bond motifs is 48. The quantitative estimate of drug-likeness (QED) is 0.217. The highest BCUT2D eigenvalue weighted by atomic mass is 19.4. The van der Waals surface area contributed by atoms with Gasteiger partial charge in [0.1, 0.15) is 11.5 Å². The monoisotopic (exact) mass is 1590 g/mol. The van der Waals surface area contributed by atoms with Crippen molar-refractivity contribution in [3.05, 3.63) is 192 Å². The van der Waals surface area contributed by atoms with Crippen LogP contribution in [0.25, 0.3) is 0 Å². The normalized spacial score (nSPS) is 52.2. The van der Waals surface area contributed by atoms with Crippen LogP contribution in [0.5, 0.6) is 11.5 Å². The maximum absolute atomic E-state index is 12.9. The lowest BCUT2D eigenvalue weighted by Gasteiger charge is -2.49. The smallest absolute Gasteiger partial charge is 0.413 e. The average molecular weight is 1590 g/mol. The zero-order chi connectivity index (χ0) is 78.2. The van der Waals surface area contributed by atoms with Gasteiger partial charge in [-0.3, -0.25) is 0 Å². The Labute approximate surface area is 695 Å². The summed E-state index contributed by atoms with van der Waals surface area (Å²) in [6.07, 6.45) is 93.2. The maximum atomic E-state index is 12.9. The Morgan fingerprint density at radius 3 is 0.684 bits per heavy atom. The topological polar surface area (TPSA) is 18.5 Å². The number of rotatable bonds is 2. The molecule has 0 aromatic heterocycles. The summed E-state index contributed by atoms with van der Waals surface area (Å²) in [7, 11) is 3.50. The third-order valence-electron chi connectivity index (χ3n) is 40.9. The number of benzene rings is 1. The van der Waals surface area contributed by atoms with Crippen molar-refractivity contribution in [1.82, 2.24) is 0 Å². The molecule has 2 nitrogen and oxygen atoms in total. The maximum Gasteiger partial charge on any atom is 0.413 e. The summed E-state index contributed by atoms with van der Waals surface area (Å²) in [6.45, 7) is 0. The third kappa shape index (κ3) is 12.1. The molecule has 0 N–H and O–H groups in total. The van der Waals surface area contributed by atoms with E-state index >= 15 is 0 Å². The number of hydrogen-bond donors (Lipinski definition) is 0. The van der Waals surface area contributed by atoms with E-state index in [0.29, 0.717) is 23.7 Å². The fraction of sp³-hybridized carbons (Fsp3) is 0.688. The summed E-state index contributed by atoms with van der Waals surface area (Å²) in [6, 6.07) is 4.06. The summed E-state index contributed by atoms with van der Waals surface area (Å²) >= 11 is 0. The largest absolute Gasteiger partial charge is 0.496 e. The van der Waals surface area contributed by atoms with E-state index < -0.39 is 47.2 Å². The summed E-state index contributed by atoms with van der Waals surface area (Å²) in [5.41, 5.74) is -0.105. The van der Waals surface area contributed by atoms with Gasteiger partial charge in [-0.25, -0.2) is 0 Å². The second kappa shape index (κ2) is 29.2. The molecular weight excluding hydrogens is 1460 g/mol. The van der Waals surface area contributed by atoms with E-state index in [-0.39, 0.29) is 0 Å². The standard InChI is InChI=1S/C27H36.C22H26.C17H28.C16H16O2.C15H18.C12H8F6/c1-2-17-13-16(1)22-7-8-24-18-3-4-20(14-18)26(24)11-12-27-21-6-5-19(15-21)25(27)10-9-23(17)22;1-3-13-7-11(1)17-10-18-12-2-4-14(8-12)20(18)22-16-6-5-15(9-16)21(22)19(13)17;1-2-4-6-8-10-17-15-12-11-14(13-15)16(17)9-7-5-3-1;1-17-13-7-8-14(18-2)16-12-6-5-11(15(13)16)9-3-4-10(9)12;1-3-10-5-8(1)12-7-13-9-2-4-11(6-9)15(13)14(10)12;13-11(14,15)9-7-3-4-8(6-2-1-5(6)7)10(9)12(16,17)18/h1-6,16-27H,7-15H2;1-6,11-22H,7-10H2;11-12,14-17H,1-10,13H2;3-12H,1-2H3;1-4,8-15H,5-7H2;1-8H. The minimum absolute atomic E-state index is 0.428. The summed E-state index contributed by atoms with van der Waals surface area (Å²) in [5, 5.41) is 0. The van der Waals surface area contributed by atoms with Crippen molar-refractivity contribution in [1.29, 1.82) is 0 Å². The molecule has 8 heteroatoms. The Balaban J connectivity index is 0.0000000813. The summed E-state index contributed by atoms with van der Waals surface area (Å²) in [5.74, 6) is 37.5. The Hall–Kier alpha value is -5.24. The molecule has 22 bridgehead atoms. The van der Waals surface area contributed by atoms with Crippen molar-refractivity contribution in [2.75, 3.05) is 14.2 Å². The predicted octanol–water partition coefficient (Wildman–Crippen LogP) is 27.2. The zero-order valence-corrected chi connectivity index (χ0v) is 69.7. The molecule has 1 aromatic carbocycles. The molecule has 0 aliphatic heterocycles. The molecule has 0 amide bonds. The van der Waals surface area contributed by atoms with Gasteiger partial charge in [0.25, 0.3) is 0 Å². The van der Waals surface area contributed by atoms with E-state index in [1.165, 1.54) is 145 Å². The van der Waals surface area contributed by atoms with Gasteiger partial charge in [0.15, 0.2) is 0 Å².